The van der Waals surface area contributed by atoms with Crippen molar-refractivity contribution in [3.05, 3.63) is 29.3 Å². The van der Waals surface area contributed by atoms with Crippen molar-refractivity contribution in [2.45, 2.75) is 38.5 Å². The average molecular weight is 219 g/mol. The van der Waals surface area contributed by atoms with E-state index in [1.54, 1.807) is 0 Å². The Morgan fingerprint density at radius 1 is 1.31 bits per heavy atom. The van der Waals surface area contributed by atoms with Crippen molar-refractivity contribution < 1.29 is 5.11 Å². The van der Waals surface area contributed by atoms with Crippen LogP contribution in [-0.4, -0.2) is 18.2 Å². The van der Waals surface area contributed by atoms with Crippen molar-refractivity contribution in [2.75, 3.05) is 13.1 Å². The van der Waals surface area contributed by atoms with Gasteiger partial charge in [0, 0.05) is 12.5 Å². The third-order valence-corrected chi connectivity index (χ3v) is 3.38. The molecule has 0 bridgehead atoms. The van der Waals surface area contributed by atoms with E-state index in [4.69, 9.17) is 0 Å². The van der Waals surface area contributed by atoms with Gasteiger partial charge in [0.05, 0.1) is 0 Å². The van der Waals surface area contributed by atoms with E-state index in [1.165, 1.54) is 0 Å². The van der Waals surface area contributed by atoms with Gasteiger partial charge >= 0.3 is 0 Å². The molecule has 1 aliphatic rings. The molecule has 0 saturated carbocycles. The second-order valence-corrected chi connectivity index (χ2v) is 5.68. The molecule has 2 heteroatoms. The summed E-state index contributed by atoms with van der Waals surface area (Å²) in [5.41, 5.74) is 2.17. The van der Waals surface area contributed by atoms with E-state index < -0.39 is 0 Å². The lowest BCUT2D eigenvalue weighted by molar-refractivity contribution is 0.436. The van der Waals surface area contributed by atoms with Crippen molar-refractivity contribution in [3.8, 4) is 5.75 Å². The molecule has 1 atom stereocenters. The molecule has 0 amide bonds. The van der Waals surface area contributed by atoms with Gasteiger partial charge in [-0.25, -0.2) is 0 Å². The number of phenols is 1. The fraction of sp³-hybridized carbons (Fsp3) is 0.571. The zero-order valence-electron chi connectivity index (χ0n) is 10.4. The predicted octanol–water partition coefficient (Wildman–Crippen LogP) is 2.77. The maximum Gasteiger partial charge on any atom is 0.122 e. The van der Waals surface area contributed by atoms with Crippen LogP contribution in [0.15, 0.2) is 18.2 Å². The molecule has 2 nitrogen and oxygen atoms in total. The van der Waals surface area contributed by atoms with Crippen LogP contribution in [0.4, 0.5) is 0 Å². The van der Waals surface area contributed by atoms with Crippen LogP contribution in [0.3, 0.4) is 0 Å². The Bertz CT molecular complexity index is 373. The lowest BCUT2D eigenvalue weighted by Gasteiger charge is -2.23. The van der Waals surface area contributed by atoms with Gasteiger partial charge in [0.1, 0.15) is 5.75 Å². The van der Waals surface area contributed by atoms with E-state index in [-0.39, 0.29) is 5.41 Å². The van der Waals surface area contributed by atoms with Gasteiger partial charge in [0.25, 0.3) is 0 Å². The van der Waals surface area contributed by atoms with Crippen molar-refractivity contribution in [1.29, 1.82) is 0 Å². The van der Waals surface area contributed by atoms with E-state index in [9.17, 15) is 5.11 Å². The molecule has 1 fully saturated rings. The van der Waals surface area contributed by atoms with Gasteiger partial charge in [0.15, 0.2) is 0 Å². The van der Waals surface area contributed by atoms with Crippen LogP contribution in [0.1, 0.15) is 44.2 Å². The number of aromatic hydroxyl groups is 1. The Morgan fingerprint density at radius 3 is 2.62 bits per heavy atom. The van der Waals surface area contributed by atoms with Gasteiger partial charge in [-0.05, 0) is 29.5 Å². The molecule has 1 heterocycles. The first kappa shape index (κ1) is 11.5. The molecule has 1 saturated heterocycles. The average Bonchev–Trinajstić information content (AvgIpc) is 2.69. The molecule has 0 radical (unpaired) electrons. The zero-order chi connectivity index (χ0) is 11.8. The first-order chi connectivity index (χ1) is 7.50. The summed E-state index contributed by atoms with van der Waals surface area (Å²) in [4.78, 5) is 0. The molecule has 0 aromatic heterocycles. The summed E-state index contributed by atoms with van der Waals surface area (Å²) in [5, 5.41) is 13.7. The highest BCUT2D eigenvalue weighted by molar-refractivity contribution is 5.46. The largest absolute Gasteiger partial charge is 0.507 e. The fourth-order valence-corrected chi connectivity index (χ4v) is 2.42. The van der Waals surface area contributed by atoms with Crippen LogP contribution in [-0.2, 0) is 5.41 Å². The Labute approximate surface area is 97.7 Å². The molecule has 2 rings (SSSR count). The minimum atomic E-state index is 0.00608. The van der Waals surface area contributed by atoms with Crippen molar-refractivity contribution in [2.24, 2.45) is 0 Å². The molecule has 1 unspecified atom stereocenters. The number of phenolic OH excluding ortho intramolecular Hbond substituents is 1. The van der Waals surface area contributed by atoms with Gasteiger partial charge < -0.3 is 10.4 Å². The SMILES string of the molecule is CC(C)(C)c1cccc(C2CCNC2)c1O. The van der Waals surface area contributed by atoms with Crippen LogP contribution in [0, 0.1) is 0 Å². The number of rotatable bonds is 1. The van der Waals surface area contributed by atoms with Crippen LogP contribution in [0.25, 0.3) is 0 Å². The third kappa shape index (κ3) is 2.07. The maximum absolute atomic E-state index is 10.4. The summed E-state index contributed by atoms with van der Waals surface area (Å²) in [6.45, 7) is 8.46. The van der Waals surface area contributed by atoms with Crippen molar-refractivity contribution >= 4 is 0 Å². The van der Waals surface area contributed by atoms with Crippen LogP contribution in [0.5, 0.6) is 5.75 Å². The minimum Gasteiger partial charge on any atom is -0.507 e. The van der Waals surface area contributed by atoms with Gasteiger partial charge in [-0.3, -0.25) is 0 Å². The predicted molar refractivity (Wildman–Crippen MR) is 67.0 cm³/mol. The molecular formula is C14H21NO. The fourth-order valence-electron chi connectivity index (χ4n) is 2.42. The summed E-state index contributed by atoms with van der Waals surface area (Å²) >= 11 is 0. The third-order valence-electron chi connectivity index (χ3n) is 3.38. The Balaban J connectivity index is 2.40. The van der Waals surface area contributed by atoms with Gasteiger partial charge in [-0.2, -0.15) is 0 Å². The summed E-state index contributed by atoms with van der Waals surface area (Å²) < 4.78 is 0. The van der Waals surface area contributed by atoms with E-state index in [0.717, 1.165) is 30.6 Å². The number of hydrogen-bond acceptors (Lipinski definition) is 2. The van der Waals surface area contributed by atoms with Gasteiger partial charge in [0.2, 0.25) is 0 Å². The van der Waals surface area contributed by atoms with Crippen LogP contribution < -0.4 is 5.32 Å². The lowest BCUT2D eigenvalue weighted by atomic mass is 9.83. The molecule has 2 N–H and O–H groups in total. The molecule has 16 heavy (non-hydrogen) atoms. The smallest absolute Gasteiger partial charge is 0.122 e. The standard InChI is InChI=1S/C14H21NO/c1-14(2,3)12-6-4-5-11(13(12)16)10-7-8-15-9-10/h4-6,10,15-16H,7-9H2,1-3H3. The van der Waals surface area contributed by atoms with E-state index >= 15 is 0 Å². The lowest BCUT2D eigenvalue weighted by Crippen LogP contribution is -2.13. The topological polar surface area (TPSA) is 32.3 Å². The number of nitrogens with one attached hydrogen (secondary N) is 1. The highest BCUT2D eigenvalue weighted by Crippen LogP contribution is 2.37. The summed E-state index contributed by atoms with van der Waals surface area (Å²) in [6.07, 6.45) is 1.13. The second-order valence-electron chi connectivity index (χ2n) is 5.68. The summed E-state index contributed by atoms with van der Waals surface area (Å²) in [5.74, 6) is 0.978. The first-order valence-electron chi connectivity index (χ1n) is 6.03. The molecule has 1 aliphatic heterocycles. The van der Waals surface area contributed by atoms with Crippen molar-refractivity contribution in [3.63, 3.8) is 0 Å². The van der Waals surface area contributed by atoms with Gasteiger partial charge in [-0.15, -0.1) is 0 Å². The van der Waals surface area contributed by atoms with Gasteiger partial charge in [-0.1, -0.05) is 39.0 Å². The molecular weight excluding hydrogens is 198 g/mol. The first-order valence-corrected chi connectivity index (χ1v) is 6.03. The maximum atomic E-state index is 10.4. The van der Waals surface area contributed by atoms with E-state index in [2.05, 4.69) is 38.2 Å². The zero-order valence-corrected chi connectivity index (χ0v) is 10.4. The monoisotopic (exact) mass is 219 g/mol. The normalized spacial score (nSPS) is 21.3. The highest BCUT2D eigenvalue weighted by atomic mass is 16.3. The molecule has 0 aliphatic carbocycles. The van der Waals surface area contributed by atoms with E-state index in [1.807, 2.05) is 6.07 Å². The number of para-hydroxylation sites is 1. The van der Waals surface area contributed by atoms with Crippen LogP contribution >= 0.6 is 0 Å². The number of hydrogen-bond donors (Lipinski definition) is 2. The van der Waals surface area contributed by atoms with Crippen molar-refractivity contribution in [1.82, 2.24) is 5.32 Å². The molecule has 0 spiro atoms. The second kappa shape index (κ2) is 4.10. The Morgan fingerprint density at radius 2 is 2.06 bits per heavy atom. The minimum absolute atomic E-state index is 0.00608. The highest BCUT2D eigenvalue weighted by Gasteiger charge is 2.24. The van der Waals surface area contributed by atoms with Crippen LogP contribution in [0.2, 0.25) is 0 Å². The molecule has 1 aromatic rings. The Hall–Kier alpha value is -1.02. The Kier molecular flexibility index (Phi) is 2.94. The molecule has 88 valence electrons. The quantitative estimate of drug-likeness (QED) is 0.761. The number of benzene rings is 1. The summed E-state index contributed by atoms with van der Waals surface area (Å²) in [7, 11) is 0. The van der Waals surface area contributed by atoms with E-state index in [0.29, 0.717) is 11.7 Å². The molecule has 1 aromatic carbocycles. The summed E-state index contributed by atoms with van der Waals surface area (Å²) in [6, 6.07) is 6.15.